The number of nitrogens with one attached hydrogen (secondary N) is 1. The van der Waals surface area contributed by atoms with Crippen molar-refractivity contribution in [2.75, 3.05) is 37.9 Å². The Bertz CT molecular complexity index is 415. The SMILES string of the molecule is CCOc1cc(N(C)C2CCNCC2)nc(SC)n1.Cl. The van der Waals surface area contributed by atoms with Crippen LogP contribution < -0.4 is 15.0 Å². The van der Waals surface area contributed by atoms with Crippen molar-refractivity contribution in [3.63, 3.8) is 0 Å². The molecule has 1 fully saturated rings. The number of thioether (sulfide) groups is 1. The first-order valence-corrected chi connectivity index (χ1v) is 7.96. The second-order valence-electron chi connectivity index (χ2n) is 4.58. The summed E-state index contributed by atoms with van der Waals surface area (Å²) in [4.78, 5) is 11.2. The van der Waals surface area contributed by atoms with E-state index in [1.165, 1.54) is 0 Å². The Labute approximate surface area is 131 Å². The zero-order valence-corrected chi connectivity index (χ0v) is 13.9. The molecule has 0 spiro atoms. The summed E-state index contributed by atoms with van der Waals surface area (Å²) < 4.78 is 5.52. The minimum absolute atomic E-state index is 0. The van der Waals surface area contributed by atoms with Gasteiger partial charge in [0.1, 0.15) is 5.82 Å². The first kappa shape index (κ1) is 17.3. The Morgan fingerprint density at radius 2 is 2.10 bits per heavy atom. The number of hydrogen-bond acceptors (Lipinski definition) is 6. The lowest BCUT2D eigenvalue weighted by molar-refractivity contribution is 0.323. The maximum Gasteiger partial charge on any atom is 0.219 e. The molecule has 1 aromatic heterocycles. The van der Waals surface area contributed by atoms with Gasteiger partial charge in [0.2, 0.25) is 5.88 Å². The fraction of sp³-hybridized carbons (Fsp3) is 0.692. The third-order valence-corrected chi connectivity index (χ3v) is 3.91. The highest BCUT2D eigenvalue weighted by Gasteiger charge is 2.20. The third-order valence-electron chi connectivity index (χ3n) is 3.36. The van der Waals surface area contributed by atoms with Crippen LogP contribution in [0.1, 0.15) is 19.8 Å². The van der Waals surface area contributed by atoms with Gasteiger partial charge in [0.05, 0.1) is 6.61 Å². The monoisotopic (exact) mass is 318 g/mol. The fourth-order valence-corrected chi connectivity index (χ4v) is 2.63. The Hall–Kier alpha value is -0.720. The minimum Gasteiger partial charge on any atom is -0.478 e. The number of hydrogen-bond donors (Lipinski definition) is 1. The number of aromatic nitrogens is 2. The molecule has 7 heteroatoms. The first-order chi connectivity index (χ1) is 9.24. The molecule has 2 rings (SSSR count). The summed E-state index contributed by atoms with van der Waals surface area (Å²) in [6.07, 6.45) is 4.29. The van der Waals surface area contributed by atoms with E-state index in [-0.39, 0.29) is 12.4 Å². The van der Waals surface area contributed by atoms with Crippen LogP contribution in [-0.4, -0.2) is 49.0 Å². The summed E-state index contributed by atoms with van der Waals surface area (Å²) in [5, 5.41) is 4.15. The Morgan fingerprint density at radius 1 is 1.40 bits per heavy atom. The predicted molar refractivity (Wildman–Crippen MR) is 86.5 cm³/mol. The van der Waals surface area contributed by atoms with Gasteiger partial charge < -0.3 is 15.0 Å². The maximum absolute atomic E-state index is 5.52. The zero-order valence-electron chi connectivity index (χ0n) is 12.3. The average molecular weight is 319 g/mol. The second-order valence-corrected chi connectivity index (χ2v) is 5.35. The molecular formula is C13H23ClN4OS. The van der Waals surface area contributed by atoms with Gasteiger partial charge in [0.15, 0.2) is 5.16 Å². The number of halogens is 1. The molecule has 0 aromatic carbocycles. The lowest BCUT2D eigenvalue weighted by Crippen LogP contribution is -2.41. The van der Waals surface area contributed by atoms with Gasteiger partial charge in [-0.05, 0) is 39.1 Å². The molecule has 1 N–H and O–H groups in total. The second kappa shape index (κ2) is 8.54. The molecule has 0 atom stereocenters. The van der Waals surface area contributed by atoms with Crippen molar-refractivity contribution in [3.8, 4) is 5.88 Å². The van der Waals surface area contributed by atoms with Crippen molar-refractivity contribution in [1.29, 1.82) is 0 Å². The normalized spacial score (nSPS) is 15.6. The number of ether oxygens (including phenoxy) is 1. The summed E-state index contributed by atoms with van der Waals surface area (Å²) in [7, 11) is 2.11. The van der Waals surface area contributed by atoms with Crippen molar-refractivity contribution in [3.05, 3.63) is 6.07 Å². The Morgan fingerprint density at radius 3 is 2.70 bits per heavy atom. The fourth-order valence-electron chi connectivity index (χ4n) is 2.27. The van der Waals surface area contributed by atoms with E-state index in [1.807, 2.05) is 19.2 Å². The number of piperidine rings is 1. The summed E-state index contributed by atoms with van der Waals surface area (Å²) in [6.45, 7) is 4.75. The molecule has 114 valence electrons. The highest BCUT2D eigenvalue weighted by Crippen LogP contribution is 2.24. The molecule has 0 radical (unpaired) electrons. The van der Waals surface area contributed by atoms with Crippen LogP contribution in [0.3, 0.4) is 0 Å². The van der Waals surface area contributed by atoms with Gasteiger partial charge in [-0.1, -0.05) is 11.8 Å². The Kier molecular flexibility index (Phi) is 7.40. The van der Waals surface area contributed by atoms with E-state index in [0.717, 1.165) is 36.9 Å². The lowest BCUT2D eigenvalue weighted by atomic mass is 10.1. The summed E-state index contributed by atoms with van der Waals surface area (Å²) >= 11 is 1.55. The van der Waals surface area contributed by atoms with Gasteiger partial charge >= 0.3 is 0 Å². The Balaban J connectivity index is 0.00000200. The topological polar surface area (TPSA) is 50.3 Å². The van der Waals surface area contributed by atoms with E-state index in [9.17, 15) is 0 Å². The van der Waals surface area contributed by atoms with Crippen LogP contribution >= 0.6 is 24.2 Å². The quantitative estimate of drug-likeness (QED) is 0.663. The molecule has 1 aliphatic rings. The maximum atomic E-state index is 5.52. The van der Waals surface area contributed by atoms with Gasteiger partial charge in [-0.15, -0.1) is 12.4 Å². The van der Waals surface area contributed by atoms with Crippen molar-refractivity contribution in [2.24, 2.45) is 0 Å². The lowest BCUT2D eigenvalue weighted by Gasteiger charge is -2.32. The van der Waals surface area contributed by atoms with E-state index in [1.54, 1.807) is 11.8 Å². The molecular weight excluding hydrogens is 296 g/mol. The van der Waals surface area contributed by atoms with Gasteiger partial charge in [-0.25, -0.2) is 4.98 Å². The molecule has 5 nitrogen and oxygen atoms in total. The standard InChI is InChI=1S/C13H22N4OS.ClH/c1-4-18-12-9-11(15-13(16-12)19-3)17(2)10-5-7-14-8-6-10;/h9-10,14H,4-8H2,1-3H3;1H. The number of rotatable bonds is 5. The van der Waals surface area contributed by atoms with Crippen LogP contribution in [0, 0.1) is 0 Å². The molecule has 0 unspecified atom stereocenters. The highest BCUT2D eigenvalue weighted by molar-refractivity contribution is 7.98. The van der Waals surface area contributed by atoms with Crippen LogP contribution in [0.4, 0.5) is 5.82 Å². The van der Waals surface area contributed by atoms with E-state index < -0.39 is 0 Å². The highest BCUT2D eigenvalue weighted by atomic mass is 35.5. The van der Waals surface area contributed by atoms with E-state index in [0.29, 0.717) is 18.5 Å². The van der Waals surface area contributed by atoms with Crippen molar-refractivity contribution in [2.45, 2.75) is 31.0 Å². The molecule has 0 amide bonds. The number of nitrogens with zero attached hydrogens (tertiary/aromatic N) is 3. The summed E-state index contributed by atoms with van der Waals surface area (Å²) in [6, 6.07) is 2.48. The predicted octanol–water partition coefficient (Wildman–Crippen LogP) is 2.21. The molecule has 0 bridgehead atoms. The summed E-state index contributed by atoms with van der Waals surface area (Å²) in [5.74, 6) is 1.62. The van der Waals surface area contributed by atoms with Crippen LogP contribution in [0.5, 0.6) is 5.88 Å². The first-order valence-electron chi connectivity index (χ1n) is 6.74. The third kappa shape index (κ3) is 4.40. The average Bonchev–Trinajstić information content (AvgIpc) is 2.47. The summed E-state index contributed by atoms with van der Waals surface area (Å²) in [5.41, 5.74) is 0. The zero-order chi connectivity index (χ0) is 13.7. The van der Waals surface area contributed by atoms with Gasteiger partial charge in [-0.2, -0.15) is 4.98 Å². The van der Waals surface area contributed by atoms with Gasteiger partial charge in [0, 0.05) is 19.2 Å². The van der Waals surface area contributed by atoms with Crippen LogP contribution in [-0.2, 0) is 0 Å². The van der Waals surface area contributed by atoms with Gasteiger partial charge in [-0.3, -0.25) is 0 Å². The smallest absolute Gasteiger partial charge is 0.219 e. The van der Waals surface area contributed by atoms with E-state index >= 15 is 0 Å². The van der Waals surface area contributed by atoms with Crippen molar-refractivity contribution < 1.29 is 4.74 Å². The molecule has 1 aliphatic heterocycles. The molecule has 0 saturated carbocycles. The number of anilines is 1. The molecule has 1 aromatic rings. The van der Waals surface area contributed by atoms with Crippen molar-refractivity contribution in [1.82, 2.24) is 15.3 Å². The van der Waals surface area contributed by atoms with Crippen LogP contribution in [0.15, 0.2) is 11.2 Å². The molecule has 0 aliphatic carbocycles. The van der Waals surface area contributed by atoms with Crippen molar-refractivity contribution >= 4 is 30.0 Å². The minimum atomic E-state index is 0. The van der Waals surface area contributed by atoms with Crippen LogP contribution in [0.2, 0.25) is 0 Å². The van der Waals surface area contributed by atoms with Crippen LogP contribution in [0.25, 0.3) is 0 Å². The molecule has 20 heavy (non-hydrogen) atoms. The van der Waals surface area contributed by atoms with Gasteiger partial charge in [0.25, 0.3) is 0 Å². The molecule has 1 saturated heterocycles. The molecule has 2 heterocycles. The van der Waals surface area contributed by atoms with E-state index in [2.05, 4.69) is 27.2 Å². The van der Waals surface area contributed by atoms with E-state index in [4.69, 9.17) is 4.74 Å². The largest absolute Gasteiger partial charge is 0.478 e.